The molecule has 2 rings (SSSR count). The van der Waals surface area contributed by atoms with Crippen LogP contribution in [0.2, 0.25) is 0 Å². The van der Waals surface area contributed by atoms with Crippen molar-refractivity contribution in [1.82, 2.24) is 5.32 Å². The van der Waals surface area contributed by atoms with Gasteiger partial charge in [-0.3, -0.25) is 4.79 Å². The molecule has 1 aromatic carbocycles. The highest BCUT2D eigenvalue weighted by Crippen LogP contribution is 2.24. The van der Waals surface area contributed by atoms with Gasteiger partial charge in [0, 0.05) is 18.7 Å². The molecule has 1 aromatic rings. The van der Waals surface area contributed by atoms with Gasteiger partial charge in [-0.25, -0.2) is 0 Å². The van der Waals surface area contributed by atoms with Crippen molar-refractivity contribution in [2.24, 2.45) is 5.92 Å². The molecule has 19 heavy (non-hydrogen) atoms. The molecule has 0 radical (unpaired) electrons. The number of methoxy groups -OCH3 is 1. The molecule has 1 aliphatic carbocycles. The van der Waals surface area contributed by atoms with E-state index in [1.807, 2.05) is 24.3 Å². The Morgan fingerprint density at radius 1 is 1.26 bits per heavy atom. The Labute approximate surface area is 115 Å². The Kier molecular flexibility index (Phi) is 4.97. The van der Waals surface area contributed by atoms with Gasteiger partial charge in [0.2, 0.25) is 0 Å². The largest absolute Gasteiger partial charge is 0.380 e. The highest BCUT2D eigenvalue weighted by atomic mass is 16.5. The fourth-order valence-corrected chi connectivity index (χ4v) is 2.70. The molecule has 0 aromatic heterocycles. The second-order valence-electron chi connectivity index (χ2n) is 5.47. The summed E-state index contributed by atoms with van der Waals surface area (Å²) in [5.41, 5.74) is 1.82. The van der Waals surface area contributed by atoms with E-state index in [0.29, 0.717) is 18.6 Å². The molecule has 3 nitrogen and oxygen atoms in total. The van der Waals surface area contributed by atoms with Gasteiger partial charge in [-0.05, 0) is 36.5 Å². The van der Waals surface area contributed by atoms with E-state index in [1.54, 1.807) is 7.11 Å². The fourth-order valence-electron chi connectivity index (χ4n) is 2.70. The molecule has 1 fully saturated rings. The average molecular weight is 261 g/mol. The zero-order chi connectivity index (χ0) is 13.7. The van der Waals surface area contributed by atoms with Crippen LogP contribution in [0.5, 0.6) is 0 Å². The molecular formula is C16H23NO2. The molecule has 104 valence electrons. The van der Waals surface area contributed by atoms with Crippen molar-refractivity contribution < 1.29 is 9.53 Å². The van der Waals surface area contributed by atoms with Crippen molar-refractivity contribution in [2.45, 2.75) is 45.3 Å². The number of benzene rings is 1. The van der Waals surface area contributed by atoms with Crippen LogP contribution in [0.4, 0.5) is 0 Å². The summed E-state index contributed by atoms with van der Waals surface area (Å²) >= 11 is 0. The normalized spacial score (nSPS) is 23.1. The molecule has 0 spiro atoms. The molecule has 1 amide bonds. The first-order chi connectivity index (χ1) is 9.20. The minimum atomic E-state index is 0.0442. The Balaban J connectivity index is 1.95. The lowest BCUT2D eigenvalue weighted by molar-refractivity contribution is 0.0910. The standard InChI is InChI=1S/C16H23NO2/c1-12-5-3-4-6-15(12)17-16(18)14-9-7-13(8-10-14)11-19-2/h7-10,12,15H,3-6,11H2,1-2H3,(H,17,18)/t12-,15-/m1/s1. The minimum absolute atomic E-state index is 0.0442. The van der Waals surface area contributed by atoms with E-state index in [9.17, 15) is 4.79 Å². The smallest absolute Gasteiger partial charge is 0.251 e. The van der Waals surface area contributed by atoms with Crippen molar-refractivity contribution in [2.75, 3.05) is 7.11 Å². The van der Waals surface area contributed by atoms with Crippen LogP contribution >= 0.6 is 0 Å². The van der Waals surface area contributed by atoms with Crippen molar-refractivity contribution in [3.8, 4) is 0 Å². The third-order valence-corrected chi connectivity index (χ3v) is 3.96. The van der Waals surface area contributed by atoms with Gasteiger partial charge in [0.15, 0.2) is 0 Å². The van der Waals surface area contributed by atoms with E-state index in [0.717, 1.165) is 17.5 Å². The van der Waals surface area contributed by atoms with Crippen LogP contribution in [0.25, 0.3) is 0 Å². The lowest BCUT2D eigenvalue weighted by Crippen LogP contribution is -2.41. The summed E-state index contributed by atoms with van der Waals surface area (Å²) in [6.45, 7) is 2.81. The van der Waals surface area contributed by atoms with E-state index in [4.69, 9.17) is 4.74 Å². The van der Waals surface area contributed by atoms with Crippen LogP contribution < -0.4 is 5.32 Å². The molecule has 0 heterocycles. The van der Waals surface area contributed by atoms with Crippen LogP contribution in [-0.4, -0.2) is 19.1 Å². The Morgan fingerprint density at radius 2 is 1.95 bits per heavy atom. The van der Waals surface area contributed by atoms with Gasteiger partial charge < -0.3 is 10.1 Å². The molecule has 2 atom stereocenters. The maximum atomic E-state index is 12.2. The Hall–Kier alpha value is -1.35. The second kappa shape index (κ2) is 6.71. The van der Waals surface area contributed by atoms with Crippen LogP contribution in [-0.2, 0) is 11.3 Å². The molecule has 3 heteroatoms. The SMILES string of the molecule is COCc1ccc(C(=O)N[C@@H]2CCCC[C@H]2C)cc1. The van der Waals surface area contributed by atoms with E-state index in [2.05, 4.69) is 12.2 Å². The van der Waals surface area contributed by atoms with Crippen molar-refractivity contribution in [3.05, 3.63) is 35.4 Å². The Morgan fingerprint density at radius 3 is 2.58 bits per heavy atom. The number of hydrogen-bond acceptors (Lipinski definition) is 2. The van der Waals surface area contributed by atoms with Crippen molar-refractivity contribution in [3.63, 3.8) is 0 Å². The fraction of sp³-hybridized carbons (Fsp3) is 0.562. The maximum absolute atomic E-state index is 12.2. The molecule has 1 aliphatic rings. The number of amides is 1. The van der Waals surface area contributed by atoms with Gasteiger partial charge in [-0.2, -0.15) is 0 Å². The highest BCUT2D eigenvalue weighted by Gasteiger charge is 2.23. The second-order valence-corrected chi connectivity index (χ2v) is 5.47. The summed E-state index contributed by atoms with van der Waals surface area (Å²) in [5.74, 6) is 0.633. The van der Waals surface area contributed by atoms with Crippen molar-refractivity contribution >= 4 is 5.91 Å². The van der Waals surface area contributed by atoms with Crippen LogP contribution in [0.1, 0.15) is 48.5 Å². The Bertz CT molecular complexity index is 413. The van der Waals surface area contributed by atoms with Crippen LogP contribution in [0, 0.1) is 5.92 Å². The van der Waals surface area contributed by atoms with E-state index in [-0.39, 0.29) is 5.91 Å². The van der Waals surface area contributed by atoms with Gasteiger partial charge in [-0.15, -0.1) is 0 Å². The van der Waals surface area contributed by atoms with E-state index in [1.165, 1.54) is 19.3 Å². The number of rotatable bonds is 4. The molecule has 1 N–H and O–H groups in total. The number of ether oxygens (including phenoxy) is 1. The monoisotopic (exact) mass is 261 g/mol. The molecule has 0 saturated heterocycles. The predicted molar refractivity (Wildman–Crippen MR) is 76.0 cm³/mol. The van der Waals surface area contributed by atoms with Crippen LogP contribution in [0.3, 0.4) is 0 Å². The predicted octanol–water partition coefficient (Wildman–Crippen LogP) is 3.14. The number of nitrogens with one attached hydrogen (secondary N) is 1. The minimum Gasteiger partial charge on any atom is -0.380 e. The van der Waals surface area contributed by atoms with E-state index >= 15 is 0 Å². The molecular weight excluding hydrogens is 238 g/mol. The lowest BCUT2D eigenvalue weighted by Gasteiger charge is -2.29. The van der Waals surface area contributed by atoms with Gasteiger partial charge in [0.1, 0.15) is 0 Å². The summed E-state index contributed by atoms with van der Waals surface area (Å²) in [6, 6.07) is 7.97. The average Bonchev–Trinajstić information content (AvgIpc) is 2.42. The zero-order valence-electron chi connectivity index (χ0n) is 11.8. The summed E-state index contributed by atoms with van der Waals surface area (Å²) in [4.78, 5) is 12.2. The third-order valence-electron chi connectivity index (χ3n) is 3.96. The number of carbonyl (C=O) groups excluding carboxylic acids is 1. The van der Waals surface area contributed by atoms with Gasteiger partial charge in [0.25, 0.3) is 5.91 Å². The van der Waals surface area contributed by atoms with Crippen LogP contribution in [0.15, 0.2) is 24.3 Å². The van der Waals surface area contributed by atoms with Crippen molar-refractivity contribution in [1.29, 1.82) is 0 Å². The molecule has 0 aliphatic heterocycles. The number of hydrogen-bond donors (Lipinski definition) is 1. The summed E-state index contributed by atoms with van der Waals surface area (Å²) in [6.07, 6.45) is 4.84. The number of carbonyl (C=O) groups is 1. The topological polar surface area (TPSA) is 38.3 Å². The molecule has 1 saturated carbocycles. The maximum Gasteiger partial charge on any atom is 0.251 e. The first kappa shape index (κ1) is 14.1. The molecule has 0 bridgehead atoms. The van der Waals surface area contributed by atoms with Gasteiger partial charge in [-0.1, -0.05) is 31.9 Å². The highest BCUT2D eigenvalue weighted by molar-refractivity contribution is 5.94. The lowest BCUT2D eigenvalue weighted by atomic mass is 9.86. The van der Waals surface area contributed by atoms with Gasteiger partial charge >= 0.3 is 0 Å². The quantitative estimate of drug-likeness (QED) is 0.904. The first-order valence-corrected chi connectivity index (χ1v) is 7.09. The first-order valence-electron chi connectivity index (χ1n) is 7.09. The summed E-state index contributed by atoms with van der Waals surface area (Å²) < 4.78 is 5.06. The third kappa shape index (κ3) is 3.80. The van der Waals surface area contributed by atoms with E-state index < -0.39 is 0 Å². The zero-order valence-corrected chi connectivity index (χ0v) is 11.8. The summed E-state index contributed by atoms with van der Waals surface area (Å²) in [5, 5.41) is 3.17. The van der Waals surface area contributed by atoms with Gasteiger partial charge in [0.05, 0.1) is 6.61 Å². The summed E-state index contributed by atoms with van der Waals surface area (Å²) in [7, 11) is 1.67. The molecule has 0 unspecified atom stereocenters.